The van der Waals surface area contributed by atoms with Gasteiger partial charge < -0.3 is 10.2 Å². The minimum absolute atomic E-state index is 0.0225. The molecule has 1 unspecified atom stereocenters. The zero-order valence-electron chi connectivity index (χ0n) is 10.3. The van der Waals surface area contributed by atoms with Gasteiger partial charge in [0.2, 0.25) is 5.91 Å². The van der Waals surface area contributed by atoms with Gasteiger partial charge in [-0.2, -0.15) is 5.26 Å². The number of hydrogen-bond donors (Lipinski definition) is 1. The number of carbonyl (C=O) groups is 1. The normalized spacial score (nSPS) is 19.3. The van der Waals surface area contributed by atoms with Crippen molar-refractivity contribution in [1.82, 2.24) is 10.2 Å². The van der Waals surface area contributed by atoms with E-state index in [2.05, 4.69) is 17.4 Å². The van der Waals surface area contributed by atoms with Crippen molar-refractivity contribution in [2.24, 2.45) is 0 Å². The smallest absolute Gasteiger partial charge is 0.237 e. The lowest BCUT2D eigenvalue weighted by Crippen LogP contribution is -2.54. The number of rotatable bonds is 3. The van der Waals surface area contributed by atoms with Crippen LogP contribution in [0, 0.1) is 11.3 Å². The van der Waals surface area contributed by atoms with Crippen LogP contribution < -0.4 is 5.32 Å². The number of amides is 1. The van der Waals surface area contributed by atoms with Gasteiger partial charge in [-0.1, -0.05) is 30.3 Å². The standard InChI is InChI=1S/C14H17N3O/c15-7-6-14(18)17-9-8-16-11-13(17)10-12-4-2-1-3-5-12/h1-5,13,16H,6,8-11H2. The van der Waals surface area contributed by atoms with Crippen LogP contribution in [-0.4, -0.2) is 36.5 Å². The van der Waals surface area contributed by atoms with E-state index in [-0.39, 0.29) is 18.4 Å². The SMILES string of the molecule is N#CCC(=O)N1CCNCC1Cc1ccccc1. The van der Waals surface area contributed by atoms with E-state index in [9.17, 15) is 4.79 Å². The molecule has 1 amide bonds. The zero-order chi connectivity index (χ0) is 12.8. The fourth-order valence-electron chi connectivity index (χ4n) is 2.33. The molecule has 0 spiro atoms. The first-order valence-electron chi connectivity index (χ1n) is 6.22. The Labute approximate surface area is 107 Å². The molecule has 94 valence electrons. The predicted molar refractivity (Wildman–Crippen MR) is 68.7 cm³/mol. The first-order valence-corrected chi connectivity index (χ1v) is 6.22. The highest BCUT2D eigenvalue weighted by Crippen LogP contribution is 2.12. The second-order valence-electron chi connectivity index (χ2n) is 4.47. The highest BCUT2D eigenvalue weighted by Gasteiger charge is 2.26. The van der Waals surface area contributed by atoms with Gasteiger partial charge in [-0.15, -0.1) is 0 Å². The molecular formula is C14H17N3O. The molecule has 0 saturated carbocycles. The van der Waals surface area contributed by atoms with Gasteiger partial charge in [0, 0.05) is 25.7 Å². The van der Waals surface area contributed by atoms with Crippen LogP contribution in [0.2, 0.25) is 0 Å². The van der Waals surface area contributed by atoms with Crippen molar-refractivity contribution in [3.63, 3.8) is 0 Å². The first kappa shape index (κ1) is 12.6. The molecule has 4 nitrogen and oxygen atoms in total. The molecule has 18 heavy (non-hydrogen) atoms. The number of benzene rings is 1. The van der Waals surface area contributed by atoms with Crippen LogP contribution in [0.1, 0.15) is 12.0 Å². The second-order valence-corrected chi connectivity index (χ2v) is 4.47. The van der Waals surface area contributed by atoms with Crippen LogP contribution in [-0.2, 0) is 11.2 Å². The zero-order valence-corrected chi connectivity index (χ0v) is 10.3. The Morgan fingerprint density at radius 3 is 2.94 bits per heavy atom. The van der Waals surface area contributed by atoms with Gasteiger partial charge in [0.1, 0.15) is 6.42 Å². The third-order valence-corrected chi connectivity index (χ3v) is 3.21. The Kier molecular flexibility index (Phi) is 4.32. The molecule has 0 aromatic heterocycles. The van der Waals surface area contributed by atoms with E-state index in [4.69, 9.17) is 5.26 Å². The Bertz CT molecular complexity index is 438. The maximum Gasteiger partial charge on any atom is 0.237 e. The van der Waals surface area contributed by atoms with Crippen molar-refractivity contribution in [1.29, 1.82) is 5.26 Å². The molecule has 2 rings (SSSR count). The molecule has 0 bridgehead atoms. The molecule has 1 aliphatic rings. The quantitative estimate of drug-likeness (QED) is 0.859. The van der Waals surface area contributed by atoms with Crippen LogP contribution in [0.5, 0.6) is 0 Å². The van der Waals surface area contributed by atoms with E-state index in [0.717, 1.165) is 19.5 Å². The Balaban J connectivity index is 2.04. The second kappa shape index (κ2) is 6.18. The van der Waals surface area contributed by atoms with Gasteiger partial charge in [0.05, 0.1) is 6.07 Å². The summed E-state index contributed by atoms with van der Waals surface area (Å²) < 4.78 is 0. The van der Waals surface area contributed by atoms with Crippen molar-refractivity contribution >= 4 is 5.91 Å². The van der Waals surface area contributed by atoms with Crippen LogP contribution in [0.25, 0.3) is 0 Å². The van der Waals surface area contributed by atoms with Crippen LogP contribution in [0.4, 0.5) is 0 Å². The number of nitrogens with one attached hydrogen (secondary N) is 1. The van der Waals surface area contributed by atoms with Crippen molar-refractivity contribution in [2.45, 2.75) is 18.9 Å². The van der Waals surface area contributed by atoms with E-state index < -0.39 is 0 Å². The van der Waals surface area contributed by atoms with Gasteiger partial charge in [-0.3, -0.25) is 4.79 Å². The van der Waals surface area contributed by atoms with E-state index >= 15 is 0 Å². The molecule has 1 N–H and O–H groups in total. The average molecular weight is 243 g/mol. The van der Waals surface area contributed by atoms with Gasteiger partial charge in [-0.05, 0) is 12.0 Å². The lowest BCUT2D eigenvalue weighted by atomic mass is 10.0. The van der Waals surface area contributed by atoms with Gasteiger partial charge >= 0.3 is 0 Å². The maximum atomic E-state index is 11.9. The topological polar surface area (TPSA) is 56.1 Å². The van der Waals surface area contributed by atoms with Crippen molar-refractivity contribution < 1.29 is 4.79 Å². The predicted octanol–water partition coefficient (Wildman–Crippen LogP) is 0.943. The Morgan fingerprint density at radius 2 is 2.22 bits per heavy atom. The number of carbonyl (C=O) groups excluding carboxylic acids is 1. The monoisotopic (exact) mass is 243 g/mol. The molecule has 0 aliphatic carbocycles. The van der Waals surface area contributed by atoms with Crippen LogP contribution in [0.15, 0.2) is 30.3 Å². The largest absolute Gasteiger partial charge is 0.336 e. The van der Waals surface area contributed by atoms with Crippen LogP contribution in [0.3, 0.4) is 0 Å². The summed E-state index contributed by atoms with van der Waals surface area (Å²) in [5.74, 6) is -0.0556. The summed E-state index contributed by atoms with van der Waals surface area (Å²) in [6, 6.07) is 12.2. The highest BCUT2D eigenvalue weighted by atomic mass is 16.2. The first-order chi connectivity index (χ1) is 8.81. The van der Waals surface area contributed by atoms with Gasteiger partial charge in [0.25, 0.3) is 0 Å². The van der Waals surface area contributed by atoms with E-state index in [1.165, 1.54) is 5.56 Å². The molecule has 1 aliphatic heterocycles. The van der Waals surface area contributed by atoms with Crippen molar-refractivity contribution in [3.8, 4) is 6.07 Å². The van der Waals surface area contributed by atoms with E-state index in [0.29, 0.717) is 6.54 Å². The number of nitriles is 1. The average Bonchev–Trinajstić information content (AvgIpc) is 2.41. The minimum Gasteiger partial charge on any atom is -0.336 e. The molecule has 1 saturated heterocycles. The Morgan fingerprint density at radius 1 is 1.44 bits per heavy atom. The summed E-state index contributed by atoms with van der Waals surface area (Å²) in [6.45, 7) is 2.30. The summed E-state index contributed by atoms with van der Waals surface area (Å²) in [5, 5.41) is 11.9. The van der Waals surface area contributed by atoms with Crippen molar-refractivity contribution in [3.05, 3.63) is 35.9 Å². The molecule has 1 fully saturated rings. The van der Waals surface area contributed by atoms with Gasteiger partial charge in [-0.25, -0.2) is 0 Å². The fraction of sp³-hybridized carbons (Fsp3) is 0.429. The summed E-state index contributed by atoms with van der Waals surface area (Å²) in [4.78, 5) is 13.7. The molecular weight excluding hydrogens is 226 g/mol. The summed E-state index contributed by atoms with van der Waals surface area (Å²) >= 11 is 0. The molecule has 1 aromatic carbocycles. The Hall–Kier alpha value is -1.86. The minimum atomic E-state index is -0.0556. The lowest BCUT2D eigenvalue weighted by Gasteiger charge is -2.36. The highest BCUT2D eigenvalue weighted by molar-refractivity contribution is 5.78. The van der Waals surface area contributed by atoms with Crippen LogP contribution >= 0.6 is 0 Å². The number of piperazine rings is 1. The molecule has 1 atom stereocenters. The lowest BCUT2D eigenvalue weighted by molar-refractivity contribution is -0.133. The third-order valence-electron chi connectivity index (χ3n) is 3.21. The molecule has 1 aromatic rings. The summed E-state index contributed by atoms with van der Waals surface area (Å²) in [6.07, 6.45) is 0.816. The van der Waals surface area contributed by atoms with E-state index in [1.54, 1.807) is 0 Å². The molecule has 4 heteroatoms. The fourth-order valence-corrected chi connectivity index (χ4v) is 2.33. The number of hydrogen-bond acceptors (Lipinski definition) is 3. The van der Waals surface area contributed by atoms with E-state index in [1.807, 2.05) is 29.2 Å². The third kappa shape index (κ3) is 3.08. The summed E-state index contributed by atoms with van der Waals surface area (Å²) in [5.41, 5.74) is 1.22. The number of nitrogens with zero attached hydrogens (tertiary/aromatic N) is 2. The maximum absolute atomic E-state index is 11.9. The summed E-state index contributed by atoms with van der Waals surface area (Å²) in [7, 11) is 0. The van der Waals surface area contributed by atoms with Crippen molar-refractivity contribution in [2.75, 3.05) is 19.6 Å². The molecule has 1 heterocycles. The molecule has 0 radical (unpaired) electrons. The van der Waals surface area contributed by atoms with Gasteiger partial charge in [0.15, 0.2) is 0 Å².